The van der Waals surface area contributed by atoms with E-state index in [1.54, 1.807) is 0 Å². The summed E-state index contributed by atoms with van der Waals surface area (Å²) in [6, 6.07) is 10.5. The molecule has 0 bridgehead atoms. The van der Waals surface area contributed by atoms with Gasteiger partial charge in [-0.25, -0.2) is 4.98 Å². The number of nitrogens with zero attached hydrogens (tertiary/aromatic N) is 3. The molecule has 4 nitrogen and oxygen atoms in total. The lowest BCUT2D eigenvalue weighted by Crippen LogP contribution is -2.21. The summed E-state index contributed by atoms with van der Waals surface area (Å²) in [7, 11) is 4.06. The van der Waals surface area contributed by atoms with Crippen LogP contribution in [-0.4, -0.2) is 21.6 Å². The standard InChI is InChI=1S/C17H20N4/c1-12-8-9-19-11-13(12)15(18-2)10-17-20-14-6-4-5-7-16(14)21(17)3/h4-9,11,15,18H,10H2,1-3H3. The zero-order chi connectivity index (χ0) is 14.8. The fourth-order valence-corrected chi connectivity index (χ4v) is 2.77. The Morgan fingerprint density at radius 2 is 2.05 bits per heavy atom. The predicted molar refractivity (Wildman–Crippen MR) is 85.2 cm³/mol. The van der Waals surface area contributed by atoms with E-state index in [1.165, 1.54) is 16.6 Å². The molecule has 0 saturated carbocycles. The van der Waals surface area contributed by atoms with Gasteiger partial charge in [0.2, 0.25) is 0 Å². The summed E-state index contributed by atoms with van der Waals surface area (Å²) in [5.41, 5.74) is 4.70. The summed E-state index contributed by atoms with van der Waals surface area (Å²) in [5, 5.41) is 3.39. The van der Waals surface area contributed by atoms with Crippen molar-refractivity contribution in [1.82, 2.24) is 19.9 Å². The van der Waals surface area contributed by atoms with Crippen LogP contribution >= 0.6 is 0 Å². The zero-order valence-corrected chi connectivity index (χ0v) is 12.7. The summed E-state index contributed by atoms with van der Waals surface area (Å²) < 4.78 is 2.17. The fourth-order valence-electron chi connectivity index (χ4n) is 2.77. The molecule has 4 heteroatoms. The Labute approximate surface area is 124 Å². The maximum Gasteiger partial charge on any atom is 0.111 e. The number of likely N-dealkylation sites (N-methyl/N-ethyl adjacent to an activating group) is 1. The van der Waals surface area contributed by atoms with Crippen LogP contribution < -0.4 is 5.32 Å². The molecule has 0 aliphatic carbocycles. The first-order chi connectivity index (χ1) is 10.2. The van der Waals surface area contributed by atoms with E-state index in [-0.39, 0.29) is 6.04 Å². The molecule has 2 aromatic heterocycles. The number of hydrogen-bond donors (Lipinski definition) is 1. The number of para-hydroxylation sites is 2. The average molecular weight is 280 g/mol. The smallest absolute Gasteiger partial charge is 0.111 e. The fraction of sp³-hybridized carbons (Fsp3) is 0.294. The van der Waals surface area contributed by atoms with Gasteiger partial charge in [-0.1, -0.05) is 12.1 Å². The van der Waals surface area contributed by atoms with E-state index in [4.69, 9.17) is 4.98 Å². The van der Waals surface area contributed by atoms with Crippen LogP contribution in [0.4, 0.5) is 0 Å². The first-order valence-corrected chi connectivity index (χ1v) is 7.19. The number of fused-ring (bicyclic) bond motifs is 1. The van der Waals surface area contributed by atoms with E-state index in [0.29, 0.717) is 0 Å². The van der Waals surface area contributed by atoms with Crippen LogP contribution in [0, 0.1) is 6.92 Å². The van der Waals surface area contributed by atoms with Gasteiger partial charge in [0, 0.05) is 31.9 Å². The van der Waals surface area contributed by atoms with Crippen molar-refractivity contribution in [2.45, 2.75) is 19.4 Å². The summed E-state index contributed by atoms with van der Waals surface area (Å²) in [6.45, 7) is 2.12. The number of aryl methyl sites for hydroxylation is 2. The molecule has 21 heavy (non-hydrogen) atoms. The third-order valence-electron chi connectivity index (χ3n) is 4.07. The number of benzene rings is 1. The Morgan fingerprint density at radius 1 is 1.24 bits per heavy atom. The second kappa shape index (κ2) is 5.66. The quantitative estimate of drug-likeness (QED) is 0.799. The van der Waals surface area contributed by atoms with Crippen LogP contribution in [0.2, 0.25) is 0 Å². The zero-order valence-electron chi connectivity index (χ0n) is 12.7. The van der Waals surface area contributed by atoms with Crippen LogP contribution in [0.3, 0.4) is 0 Å². The Morgan fingerprint density at radius 3 is 2.76 bits per heavy atom. The topological polar surface area (TPSA) is 42.7 Å². The number of aromatic nitrogens is 3. The predicted octanol–water partition coefficient (Wildman–Crippen LogP) is 2.78. The van der Waals surface area contributed by atoms with Crippen molar-refractivity contribution in [3.63, 3.8) is 0 Å². The lowest BCUT2D eigenvalue weighted by atomic mass is 10.0. The van der Waals surface area contributed by atoms with Gasteiger partial charge in [0.05, 0.1) is 11.0 Å². The van der Waals surface area contributed by atoms with Crippen LogP contribution in [0.1, 0.15) is 23.0 Å². The second-order valence-corrected chi connectivity index (χ2v) is 5.35. The van der Waals surface area contributed by atoms with Gasteiger partial charge in [-0.2, -0.15) is 0 Å². The second-order valence-electron chi connectivity index (χ2n) is 5.35. The molecule has 1 aromatic carbocycles. The monoisotopic (exact) mass is 280 g/mol. The molecule has 0 spiro atoms. The minimum absolute atomic E-state index is 0.217. The third-order valence-corrected chi connectivity index (χ3v) is 4.07. The lowest BCUT2D eigenvalue weighted by Gasteiger charge is -2.18. The molecule has 1 atom stereocenters. The highest BCUT2D eigenvalue weighted by molar-refractivity contribution is 5.75. The number of imidazole rings is 1. The molecule has 0 radical (unpaired) electrons. The van der Waals surface area contributed by atoms with Crippen LogP contribution in [0.25, 0.3) is 11.0 Å². The number of hydrogen-bond acceptors (Lipinski definition) is 3. The van der Waals surface area contributed by atoms with Crippen LogP contribution in [0.5, 0.6) is 0 Å². The van der Waals surface area contributed by atoms with E-state index < -0.39 is 0 Å². The first-order valence-electron chi connectivity index (χ1n) is 7.19. The van der Waals surface area contributed by atoms with Gasteiger partial charge in [-0.15, -0.1) is 0 Å². The van der Waals surface area contributed by atoms with E-state index in [2.05, 4.69) is 53.1 Å². The maximum atomic E-state index is 4.76. The van der Waals surface area contributed by atoms with Gasteiger partial charge >= 0.3 is 0 Å². The van der Waals surface area contributed by atoms with Gasteiger partial charge in [-0.05, 0) is 43.3 Å². The molecule has 2 heterocycles. The van der Waals surface area contributed by atoms with Gasteiger partial charge in [0.25, 0.3) is 0 Å². The largest absolute Gasteiger partial charge is 0.331 e. The highest BCUT2D eigenvalue weighted by atomic mass is 15.1. The van der Waals surface area contributed by atoms with E-state index in [9.17, 15) is 0 Å². The summed E-state index contributed by atoms with van der Waals surface area (Å²) in [6.07, 6.45) is 4.62. The van der Waals surface area contributed by atoms with Gasteiger partial charge in [-0.3, -0.25) is 4.98 Å². The van der Waals surface area contributed by atoms with E-state index in [1.807, 2.05) is 25.5 Å². The van der Waals surface area contributed by atoms with Crippen molar-refractivity contribution in [2.24, 2.45) is 7.05 Å². The molecule has 1 N–H and O–H groups in total. The summed E-state index contributed by atoms with van der Waals surface area (Å²) >= 11 is 0. The van der Waals surface area contributed by atoms with Gasteiger partial charge in [0.1, 0.15) is 5.82 Å². The van der Waals surface area contributed by atoms with E-state index >= 15 is 0 Å². The summed E-state index contributed by atoms with van der Waals surface area (Å²) in [4.78, 5) is 9.01. The molecule has 0 aliphatic rings. The first kappa shape index (κ1) is 13.8. The number of pyridine rings is 1. The highest BCUT2D eigenvalue weighted by Gasteiger charge is 2.16. The molecule has 0 fully saturated rings. The van der Waals surface area contributed by atoms with Crippen molar-refractivity contribution in [3.05, 3.63) is 59.7 Å². The molecule has 1 unspecified atom stereocenters. The molecule has 3 aromatic rings. The maximum absolute atomic E-state index is 4.76. The van der Waals surface area contributed by atoms with Gasteiger partial charge in [0.15, 0.2) is 0 Å². The highest BCUT2D eigenvalue weighted by Crippen LogP contribution is 2.22. The van der Waals surface area contributed by atoms with Crippen LogP contribution in [0.15, 0.2) is 42.7 Å². The van der Waals surface area contributed by atoms with Crippen molar-refractivity contribution in [1.29, 1.82) is 0 Å². The number of nitrogens with one attached hydrogen (secondary N) is 1. The molecule has 3 rings (SSSR count). The molecule has 0 aliphatic heterocycles. The minimum atomic E-state index is 0.217. The molecule has 108 valence electrons. The minimum Gasteiger partial charge on any atom is -0.331 e. The van der Waals surface area contributed by atoms with Crippen LogP contribution in [-0.2, 0) is 13.5 Å². The van der Waals surface area contributed by atoms with Crippen molar-refractivity contribution >= 4 is 11.0 Å². The Balaban J connectivity index is 1.96. The SMILES string of the molecule is CNC(Cc1nc2ccccc2n1C)c1cnccc1C. The molecule has 0 amide bonds. The third kappa shape index (κ3) is 2.54. The number of rotatable bonds is 4. The van der Waals surface area contributed by atoms with Gasteiger partial charge < -0.3 is 9.88 Å². The molecular formula is C17H20N4. The molecular weight excluding hydrogens is 260 g/mol. The summed E-state index contributed by atoms with van der Waals surface area (Å²) in [5.74, 6) is 1.08. The normalized spacial score (nSPS) is 12.7. The Bertz CT molecular complexity index is 760. The van der Waals surface area contributed by atoms with E-state index in [0.717, 1.165) is 17.8 Å². The van der Waals surface area contributed by atoms with Crippen molar-refractivity contribution in [2.75, 3.05) is 7.05 Å². The Kier molecular flexibility index (Phi) is 3.71. The van der Waals surface area contributed by atoms with Crippen molar-refractivity contribution < 1.29 is 0 Å². The molecule has 0 saturated heterocycles. The van der Waals surface area contributed by atoms with Crippen molar-refractivity contribution in [3.8, 4) is 0 Å². The average Bonchev–Trinajstić information content (AvgIpc) is 2.82. The Hall–Kier alpha value is -2.20. The lowest BCUT2D eigenvalue weighted by molar-refractivity contribution is 0.561.